The molecule has 0 atom stereocenters. The Kier molecular flexibility index (Phi) is 8.63. The molecule has 0 unspecified atom stereocenters. The van der Waals surface area contributed by atoms with Crippen molar-refractivity contribution in [2.24, 2.45) is 0 Å². The number of hydrogen-bond donors (Lipinski definition) is 0. The number of hydrogen-bond acceptors (Lipinski definition) is 3. The second-order valence-corrected chi connectivity index (χ2v) is 7.64. The van der Waals surface area contributed by atoms with E-state index in [4.69, 9.17) is 14.2 Å². The van der Waals surface area contributed by atoms with Gasteiger partial charge in [0.25, 0.3) is 0 Å². The van der Waals surface area contributed by atoms with Crippen LogP contribution in [0.25, 0.3) is 16.9 Å². The van der Waals surface area contributed by atoms with Crippen LogP contribution in [0.15, 0.2) is 54.1 Å². The van der Waals surface area contributed by atoms with E-state index < -0.39 is 0 Å². The van der Waals surface area contributed by atoms with Gasteiger partial charge in [0.15, 0.2) is 0 Å². The molecule has 0 aromatic heterocycles. The first-order valence-electron chi connectivity index (χ1n) is 11.0. The Bertz CT molecular complexity index is 754. The molecule has 0 amide bonds. The van der Waals surface area contributed by atoms with Crippen molar-refractivity contribution in [3.63, 3.8) is 0 Å². The smallest absolute Gasteiger partial charge is 0.125 e. The van der Waals surface area contributed by atoms with Crippen LogP contribution in [0.3, 0.4) is 0 Å². The van der Waals surface area contributed by atoms with Crippen molar-refractivity contribution in [1.29, 1.82) is 0 Å². The lowest BCUT2D eigenvalue weighted by Crippen LogP contribution is -2.06. The van der Waals surface area contributed by atoms with Gasteiger partial charge in [-0.1, -0.05) is 49.7 Å². The molecule has 3 heteroatoms. The normalized spacial score (nSPS) is 13.1. The third-order valence-electron chi connectivity index (χ3n) is 5.37. The van der Waals surface area contributed by atoms with Crippen LogP contribution >= 0.6 is 0 Å². The van der Waals surface area contributed by atoms with Crippen LogP contribution in [0.1, 0.15) is 57.4 Å². The van der Waals surface area contributed by atoms with Crippen LogP contribution in [-0.4, -0.2) is 26.9 Å². The molecule has 1 aliphatic carbocycles. The first-order chi connectivity index (χ1) is 14.3. The second kappa shape index (κ2) is 11.7. The number of methoxy groups -OCH3 is 1. The molecule has 29 heavy (non-hydrogen) atoms. The number of allylic oxidation sites excluding steroid dienone is 1. The summed E-state index contributed by atoms with van der Waals surface area (Å²) in [5.74, 6) is 2.04. The van der Waals surface area contributed by atoms with E-state index in [0.29, 0.717) is 0 Å². The average Bonchev–Trinajstić information content (AvgIpc) is 2.72. The molecule has 0 N–H and O–H groups in total. The standard InChI is InChI=1S/C26H34O3/c1-3-4-19-28-25-16-14-22(15-17-25)21-10-12-24(13-11-21)26(23-8-7-9-23)29-20-6-5-18-27-2/h10-17H,3-9,18-20H2,1-2H3. The van der Waals surface area contributed by atoms with E-state index in [-0.39, 0.29) is 0 Å². The van der Waals surface area contributed by atoms with E-state index in [9.17, 15) is 0 Å². The highest BCUT2D eigenvalue weighted by Gasteiger charge is 2.17. The first-order valence-corrected chi connectivity index (χ1v) is 11.0. The zero-order valence-electron chi connectivity index (χ0n) is 17.9. The minimum Gasteiger partial charge on any atom is -0.494 e. The zero-order chi connectivity index (χ0) is 20.3. The van der Waals surface area contributed by atoms with Gasteiger partial charge in [-0.3, -0.25) is 0 Å². The van der Waals surface area contributed by atoms with Crippen LogP contribution in [-0.2, 0) is 9.47 Å². The Morgan fingerprint density at radius 2 is 1.45 bits per heavy atom. The van der Waals surface area contributed by atoms with E-state index in [1.165, 1.54) is 28.7 Å². The molecule has 0 saturated heterocycles. The fraction of sp³-hybridized carbons (Fsp3) is 0.462. The SMILES string of the molecule is CCCCOc1ccc(-c2ccc(C(OCCCCOC)=C3CCC3)cc2)cc1. The molecular formula is C26H34O3. The largest absolute Gasteiger partial charge is 0.494 e. The molecule has 2 aromatic rings. The zero-order valence-corrected chi connectivity index (χ0v) is 17.9. The summed E-state index contributed by atoms with van der Waals surface area (Å²) in [5, 5.41) is 0. The topological polar surface area (TPSA) is 27.7 Å². The molecule has 2 aromatic carbocycles. The van der Waals surface area contributed by atoms with E-state index in [1.807, 2.05) is 0 Å². The summed E-state index contributed by atoms with van der Waals surface area (Å²) in [6, 6.07) is 17.1. The minimum atomic E-state index is 0.753. The summed E-state index contributed by atoms with van der Waals surface area (Å²) < 4.78 is 17.1. The molecule has 1 saturated carbocycles. The van der Waals surface area contributed by atoms with Crippen molar-refractivity contribution < 1.29 is 14.2 Å². The Morgan fingerprint density at radius 1 is 0.793 bits per heavy atom. The number of rotatable bonds is 12. The van der Waals surface area contributed by atoms with Gasteiger partial charge >= 0.3 is 0 Å². The van der Waals surface area contributed by atoms with Crippen molar-refractivity contribution in [3.05, 3.63) is 59.7 Å². The third-order valence-corrected chi connectivity index (χ3v) is 5.37. The van der Waals surface area contributed by atoms with E-state index in [2.05, 4.69) is 55.5 Å². The maximum absolute atomic E-state index is 6.19. The van der Waals surface area contributed by atoms with Gasteiger partial charge in [-0.15, -0.1) is 0 Å². The molecule has 156 valence electrons. The number of unbranched alkanes of at least 4 members (excludes halogenated alkanes) is 2. The quantitative estimate of drug-likeness (QED) is 0.290. The third kappa shape index (κ3) is 6.37. The maximum Gasteiger partial charge on any atom is 0.125 e. The van der Waals surface area contributed by atoms with Crippen molar-refractivity contribution in [1.82, 2.24) is 0 Å². The predicted molar refractivity (Wildman–Crippen MR) is 120 cm³/mol. The molecule has 1 aliphatic rings. The van der Waals surface area contributed by atoms with E-state index >= 15 is 0 Å². The molecule has 0 bridgehead atoms. The Balaban J connectivity index is 1.63. The molecule has 0 spiro atoms. The van der Waals surface area contributed by atoms with Gasteiger partial charge in [0.2, 0.25) is 0 Å². The summed E-state index contributed by atoms with van der Waals surface area (Å²) in [6.45, 7) is 4.51. The summed E-state index contributed by atoms with van der Waals surface area (Å²) in [7, 11) is 1.75. The molecule has 3 rings (SSSR count). The van der Waals surface area contributed by atoms with Gasteiger partial charge in [0.05, 0.1) is 13.2 Å². The molecule has 0 heterocycles. The first kappa shape index (κ1) is 21.4. The van der Waals surface area contributed by atoms with Crippen LogP contribution < -0.4 is 4.74 Å². The monoisotopic (exact) mass is 394 g/mol. The van der Waals surface area contributed by atoms with Crippen molar-refractivity contribution >= 4 is 5.76 Å². The molecule has 1 fully saturated rings. The van der Waals surface area contributed by atoms with Crippen LogP contribution in [0, 0.1) is 0 Å². The highest BCUT2D eigenvalue weighted by atomic mass is 16.5. The predicted octanol–water partition coefficient (Wildman–Crippen LogP) is 6.87. The maximum atomic E-state index is 6.19. The lowest BCUT2D eigenvalue weighted by molar-refractivity contribution is 0.179. The van der Waals surface area contributed by atoms with Crippen molar-refractivity contribution in [3.8, 4) is 16.9 Å². The van der Waals surface area contributed by atoms with E-state index in [1.54, 1.807) is 7.11 Å². The average molecular weight is 395 g/mol. The van der Waals surface area contributed by atoms with Gasteiger partial charge in [-0.2, -0.15) is 0 Å². The second-order valence-electron chi connectivity index (χ2n) is 7.64. The van der Waals surface area contributed by atoms with Crippen LogP contribution in [0.2, 0.25) is 0 Å². The van der Waals surface area contributed by atoms with Gasteiger partial charge in [0, 0.05) is 19.3 Å². The lowest BCUT2D eigenvalue weighted by atomic mass is 9.89. The van der Waals surface area contributed by atoms with E-state index in [0.717, 1.165) is 69.9 Å². The fourth-order valence-electron chi connectivity index (χ4n) is 3.38. The van der Waals surface area contributed by atoms with Crippen molar-refractivity contribution in [2.45, 2.75) is 51.9 Å². The highest BCUT2D eigenvalue weighted by Crippen LogP contribution is 2.35. The Hall–Kier alpha value is -2.26. The Labute approximate surface area is 175 Å². The molecule has 0 aliphatic heterocycles. The Morgan fingerprint density at radius 3 is 2.03 bits per heavy atom. The highest BCUT2D eigenvalue weighted by molar-refractivity contribution is 5.70. The van der Waals surface area contributed by atoms with Gasteiger partial charge < -0.3 is 14.2 Å². The van der Waals surface area contributed by atoms with Crippen LogP contribution in [0.4, 0.5) is 0 Å². The van der Waals surface area contributed by atoms with Gasteiger partial charge in [-0.05, 0) is 67.4 Å². The van der Waals surface area contributed by atoms with Gasteiger partial charge in [-0.25, -0.2) is 0 Å². The molecular weight excluding hydrogens is 360 g/mol. The summed E-state index contributed by atoms with van der Waals surface area (Å²) in [6.07, 6.45) is 7.90. The van der Waals surface area contributed by atoms with Crippen molar-refractivity contribution in [2.75, 3.05) is 26.9 Å². The summed E-state index contributed by atoms with van der Waals surface area (Å²) >= 11 is 0. The lowest BCUT2D eigenvalue weighted by Gasteiger charge is -2.23. The molecule has 0 radical (unpaired) electrons. The summed E-state index contributed by atoms with van der Waals surface area (Å²) in [4.78, 5) is 0. The van der Waals surface area contributed by atoms with Gasteiger partial charge in [0.1, 0.15) is 11.5 Å². The minimum absolute atomic E-state index is 0.753. The fourth-order valence-corrected chi connectivity index (χ4v) is 3.38. The van der Waals surface area contributed by atoms with Crippen LogP contribution in [0.5, 0.6) is 5.75 Å². The summed E-state index contributed by atoms with van der Waals surface area (Å²) in [5.41, 5.74) is 5.07. The number of ether oxygens (including phenoxy) is 3. The molecule has 3 nitrogen and oxygen atoms in total. The number of benzene rings is 2.